The summed E-state index contributed by atoms with van der Waals surface area (Å²) in [6.45, 7) is 6.48. The van der Waals surface area contributed by atoms with E-state index in [4.69, 9.17) is 9.26 Å². The van der Waals surface area contributed by atoms with Crippen LogP contribution in [-0.2, 0) is 17.7 Å². The maximum atomic E-state index is 5.81. The van der Waals surface area contributed by atoms with Crippen molar-refractivity contribution in [2.45, 2.75) is 51.7 Å². The van der Waals surface area contributed by atoms with Gasteiger partial charge in [-0.1, -0.05) is 24.2 Å². The van der Waals surface area contributed by atoms with Crippen LogP contribution >= 0.6 is 0 Å². The van der Waals surface area contributed by atoms with E-state index in [9.17, 15) is 0 Å². The molecule has 0 bridgehead atoms. The standard InChI is InChI=1S/C20H29N5O2/c1-4-7-17-24-18(27-25-17)16-9-5-8-15(12-16)13-22-19(21-3)23-14-20(2)10-6-11-26-20/h5,8-9,12H,4,6-7,10-11,13-14H2,1-3H3,(H2,21,22,23). The maximum Gasteiger partial charge on any atom is 0.257 e. The van der Waals surface area contributed by atoms with Gasteiger partial charge in [-0.2, -0.15) is 4.98 Å². The molecule has 2 N–H and O–H groups in total. The fraction of sp³-hybridized carbons (Fsp3) is 0.550. The number of hydrogen-bond acceptors (Lipinski definition) is 5. The van der Waals surface area contributed by atoms with Crippen LogP contribution in [0.4, 0.5) is 0 Å². The van der Waals surface area contributed by atoms with Crippen molar-refractivity contribution in [1.82, 2.24) is 20.8 Å². The molecule has 146 valence electrons. The van der Waals surface area contributed by atoms with Gasteiger partial charge in [0.1, 0.15) is 0 Å². The predicted molar refractivity (Wildman–Crippen MR) is 106 cm³/mol. The van der Waals surface area contributed by atoms with Crippen LogP contribution in [0.25, 0.3) is 11.5 Å². The molecule has 2 aromatic rings. The Hall–Kier alpha value is -2.41. The molecule has 1 unspecified atom stereocenters. The number of aromatic nitrogens is 2. The van der Waals surface area contributed by atoms with Gasteiger partial charge < -0.3 is 19.9 Å². The number of nitrogens with zero attached hydrogens (tertiary/aromatic N) is 3. The van der Waals surface area contributed by atoms with Crippen LogP contribution in [0.15, 0.2) is 33.8 Å². The second-order valence-corrected chi connectivity index (χ2v) is 7.15. The lowest BCUT2D eigenvalue weighted by Crippen LogP contribution is -2.45. The molecule has 27 heavy (non-hydrogen) atoms. The van der Waals surface area contributed by atoms with Crippen LogP contribution in [0.3, 0.4) is 0 Å². The molecule has 2 heterocycles. The van der Waals surface area contributed by atoms with Crippen LogP contribution in [0.5, 0.6) is 0 Å². The second-order valence-electron chi connectivity index (χ2n) is 7.15. The highest BCUT2D eigenvalue weighted by Crippen LogP contribution is 2.23. The Labute approximate surface area is 160 Å². The SMILES string of the molecule is CCCc1noc(-c2cccc(CNC(=NC)NCC3(C)CCCO3)c2)n1. The Balaban J connectivity index is 1.56. The number of nitrogens with one attached hydrogen (secondary N) is 2. The normalized spacial score (nSPS) is 20.0. The number of aliphatic imine (C=N–C) groups is 1. The van der Waals surface area contributed by atoms with Gasteiger partial charge in [-0.3, -0.25) is 4.99 Å². The summed E-state index contributed by atoms with van der Waals surface area (Å²) >= 11 is 0. The van der Waals surface area contributed by atoms with Crippen LogP contribution < -0.4 is 10.6 Å². The van der Waals surface area contributed by atoms with Crippen LogP contribution in [0, 0.1) is 0 Å². The minimum Gasteiger partial charge on any atom is -0.373 e. The predicted octanol–water partition coefficient (Wildman–Crippen LogP) is 2.92. The number of aryl methyl sites for hydroxylation is 1. The van der Waals surface area contributed by atoms with Gasteiger partial charge in [0.2, 0.25) is 0 Å². The molecule has 1 atom stereocenters. The van der Waals surface area contributed by atoms with Crippen molar-refractivity contribution in [2.24, 2.45) is 4.99 Å². The highest BCUT2D eigenvalue weighted by atomic mass is 16.5. The number of guanidine groups is 1. The summed E-state index contributed by atoms with van der Waals surface area (Å²) < 4.78 is 11.2. The van der Waals surface area contributed by atoms with Crippen molar-refractivity contribution in [3.8, 4) is 11.5 Å². The third-order valence-corrected chi connectivity index (χ3v) is 4.73. The number of ether oxygens (including phenoxy) is 1. The third kappa shape index (κ3) is 5.29. The fourth-order valence-electron chi connectivity index (χ4n) is 3.16. The number of rotatable bonds is 7. The van der Waals surface area contributed by atoms with Gasteiger partial charge in [0.15, 0.2) is 11.8 Å². The second kappa shape index (κ2) is 8.99. The van der Waals surface area contributed by atoms with Gasteiger partial charge in [-0.25, -0.2) is 0 Å². The lowest BCUT2D eigenvalue weighted by atomic mass is 10.0. The summed E-state index contributed by atoms with van der Waals surface area (Å²) in [5.41, 5.74) is 1.94. The molecule has 1 aromatic carbocycles. The van der Waals surface area contributed by atoms with Crippen LogP contribution in [0.2, 0.25) is 0 Å². The molecule has 1 fully saturated rings. The fourth-order valence-corrected chi connectivity index (χ4v) is 3.16. The molecule has 3 rings (SSSR count). The smallest absolute Gasteiger partial charge is 0.257 e. The first-order chi connectivity index (χ1) is 13.1. The molecule has 0 saturated carbocycles. The minimum absolute atomic E-state index is 0.105. The first kappa shape index (κ1) is 19.4. The largest absolute Gasteiger partial charge is 0.373 e. The van der Waals surface area contributed by atoms with Gasteiger partial charge in [0.05, 0.1) is 5.60 Å². The van der Waals surface area contributed by atoms with E-state index in [-0.39, 0.29) is 5.60 Å². The van der Waals surface area contributed by atoms with E-state index in [0.29, 0.717) is 12.4 Å². The monoisotopic (exact) mass is 371 g/mol. The van der Waals surface area contributed by atoms with Gasteiger partial charge >= 0.3 is 0 Å². The zero-order chi connectivity index (χ0) is 19.1. The summed E-state index contributed by atoms with van der Waals surface area (Å²) in [5.74, 6) is 2.08. The van der Waals surface area contributed by atoms with Crippen molar-refractivity contribution in [1.29, 1.82) is 0 Å². The van der Waals surface area contributed by atoms with E-state index in [1.54, 1.807) is 7.05 Å². The molecule has 7 nitrogen and oxygen atoms in total. The Morgan fingerprint density at radius 3 is 2.96 bits per heavy atom. The van der Waals surface area contributed by atoms with Crippen molar-refractivity contribution in [3.05, 3.63) is 35.7 Å². The van der Waals surface area contributed by atoms with Gasteiger partial charge in [0.25, 0.3) is 5.89 Å². The summed E-state index contributed by atoms with van der Waals surface area (Å²) in [6, 6.07) is 8.11. The molecular weight excluding hydrogens is 342 g/mol. The lowest BCUT2D eigenvalue weighted by Gasteiger charge is -2.24. The molecule has 1 aliphatic rings. The maximum absolute atomic E-state index is 5.81. The van der Waals surface area contributed by atoms with Crippen LogP contribution in [-0.4, -0.2) is 41.9 Å². The molecule has 1 aromatic heterocycles. The van der Waals surface area contributed by atoms with Crippen molar-refractivity contribution < 1.29 is 9.26 Å². The van der Waals surface area contributed by atoms with Crippen LogP contribution in [0.1, 0.15) is 44.5 Å². The molecule has 0 amide bonds. The summed E-state index contributed by atoms with van der Waals surface area (Å²) in [4.78, 5) is 8.75. The summed E-state index contributed by atoms with van der Waals surface area (Å²) in [7, 11) is 1.78. The Bertz CT molecular complexity index is 765. The Morgan fingerprint density at radius 1 is 1.33 bits per heavy atom. The zero-order valence-electron chi connectivity index (χ0n) is 16.4. The van der Waals surface area contributed by atoms with E-state index in [1.165, 1.54) is 0 Å². The number of benzene rings is 1. The highest BCUT2D eigenvalue weighted by Gasteiger charge is 2.29. The van der Waals surface area contributed by atoms with Gasteiger partial charge in [0, 0.05) is 38.7 Å². The van der Waals surface area contributed by atoms with Gasteiger partial charge in [-0.05, 0) is 43.9 Å². The minimum atomic E-state index is -0.105. The van der Waals surface area contributed by atoms with Crippen molar-refractivity contribution in [2.75, 3.05) is 20.2 Å². The van der Waals surface area contributed by atoms with Gasteiger partial charge in [-0.15, -0.1) is 0 Å². The average Bonchev–Trinajstić information content (AvgIpc) is 3.32. The molecular formula is C20H29N5O2. The highest BCUT2D eigenvalue weighted by molar-refractivity contribution is 5.79. The van der Waals surface area contributed by atoms with Crippen molar-refractivity contribution >= 4 is 5.96 Å². The Kier molecular flexibility index (Phi) is 6.45. The molecule has 1 saturated heterocycles. The van der Waals surface area contributed by atoms with E-state index >= 15 is 0 Å². The lowest BCUT2D eigenvalue weighted by molar-refractivity contribution is 0.0243. The molecule has 0 radical (unpaired) electrons. The topological polar surface area (TPSA) is 84.6 Å². The third-order valence-electron chi connectivity index (χ3n) is 4.73. The summed E-state index contributed by atoms with van der Waals surface area (Å²) in [5, 5.41) is 10.7. The zero-order valence-corrected chi connectivity index (χ0v) is 16.4. The van der Waals surface area contributed by atoms with E-state index in [2.05, 4.69) is 51.7 Å². The average molecular weight is 371 g/mol. The summed E-state index contributed by atoms with van der Waals surface area (Å²) in [6.07, 6.45) is 4.02. The molecule has 0 spiro atoms. The quantitative estimate of drug-likeness (QED) is 0.575. The molecule has 1 aliphatic heterocycles. The van der Waals surface area contributed by atoms with E-state index in [1.807, 2.05) is 12.1 Å². The van der Waals surface area contributed by atoms with E-state index in [0.717, 1.165) is 61.7 Å². The molecule has 7 heteroatoms. The van der Waals surface area contributed by atoms with Crippen molar-refractivity contribution in [3.63, 3.8) is 0 Å². The first-order valence-corrected chi connectivity index (χ1v) is 9.62. The molecule has 0 aliphatic carbocycles. The Morgan fingerprint density at radius 2 is 2.22 bits per heavy atom. The first-order valence-electron chi connectivity index (χ1n) is 9.62. The van der Waals surface area contributed by atoms with E-state index < -0.39 is 0 Å². The number of hydrogen-bond donors (Lipinski definition) is 2.